The molecule has 3 aromatic rings. The first-order valence-corrected chi connectivity index (χ1v) is 9.03. The van der Waals surface area contributed by atoms with Gasteiger partial charge >= 0.3 is 12.0 Å². The second-order valence-corrected chi connectivity index (χ2v) is 6.62. The Kier molecular flexibility index (Phi) is 5.79. The molecular formula is C22H22N2O5. The summed E-state index contributed by atoms with van der Waals surface area (Å²) in [5.41, 5.74) is 0.516. The molecule has 29 heavy (non-hydrogen) atoms. The molecule has 7 heteroatoms. The lowest BCUT2D eigenvalue weighted by atomic mass is 9.81. The third-order valence-corrected chi connectivity index (χ3v) is 4.73. The molecule has 1 N–H and O–H groups in total. The van der Waals surface area contributed by atoms with Gasteiger partial charge in [-0.05, 0) is 23.0 Å². The van der Waals surface area contributed by atoms with Gasteiger partial charge in [0.25, 0.3) is 0 Å². The van der Waals surface area contributed by atoms with Gasteiger partial charge in [0, 0.05) is 20.1 Å². The van der Waals surface area contributed by atoms with Crippen molar-refractivity contribution in [3.05, 3.63) is 94.5 Å². The zero-order valence-electron chi connectivity index (χ0n) is 16.4. The van der Waals surface area contributed by atoms with E-state index >= 15 is 0 Å². The summed E-state index contributed by atoms with van der Waals surface area (Å²) in [6.07, 6.45) is -1.58. The summed E-state index contributed by atoms with van der Waals surface area (Å²) in [4.78, 5) is 16.5. The van der Waals surface area contributed by atoms with Crippen LogP contribution in [0, 0.1) is 19.1 Å². The summed E-state index contributed by atoms with van der Waals surface area (Å²) in [6.45, 7) is 3.30. The molecule has 0 fully saturated rings. The van der Waals surface area contributed by atoms with Crippen molar-refractivity contribution in [3.8, 4) is 6.01 Å². The highest BCUT2D eigenvalue weighted by molar-refractivity contribution is 5.76. The number of benzene rings is 2. The summed E-state index contributed by atoms with van der Waals surface area (Å²) >= 11 is 0. The van der Waals surface area contributed by atoms with Crippen LogP contribution in [0.5, 0.6) is 6.01 Å². The number of carbonyl (C=O) groups is 1. The van der Waals surface area contributed by atoms with Gasteiger partial charge in [0.1, 0.15) is 5.69 Å². The molecule has 0 amide bonds. The van der Waals surface area contributed by atoms with E-state index in [4.69, 9.17) is 9.47 Å². The van der Waals surface area contributed by atoms with Gasteiger partial charge < -0.3 is 19.8 Å². The quantitative estimate of drug-likeness (QED) is 0.489. The zero-order chi connectivity index (χ0) is 21.0. The molecule has 0 unspecified atom stereocenters. The number of nitrogens with zero attached hydrogens (tertiary/aromatic N) is 2. The number of aromatic nitrogens is 2. The highest BCUT2D eigenvalue weighted by Gasteiger charge is 2.50. The fourth-order valence-electron chi connectivity index (χ4n) is 3.41. The van der Waals surface area contributed by atoms with Gasteiger partial charge in [-0.15, -0.1) is 0 Å². The molecule has 0 aliphatic rings. The minimum absolute atomic E-state index is 0.344. The molecule has 1 atom stereocenters. The number of ether oxygens (including phenoxy) is 2. The van der Waals surface area contributed by atoms with E-state index in [1.165, 1.54) is 7.11 Å². The van der Waals surface area contributed by atoms with E-state index < -0.39 is 17.7 Å². The molecule has 2 aromatic carbocycles. The van der Waals surface area contributed by atoms with E-state index in [2.05, 4.69) is 4.98 Å². The van der Waals surface area contributed by atoms with Crippen molar-refractivity contribution in [1.29, 1.82) is 0 Å². The lowest BCUT2D eigenvalue weighted by Gasteiger charge is -2.37. The van der Waals surface area contributed by atoms with Gasteiger partial charge in [-0.3, -0.25) is 0 Å². The molecule has 3 rings (SSSR count). The molecule has 150 valence electrons. The lowest BCUT2D eigenvalue weighted by molar-refractivity contribution is -0.624. The van der Waals surface area contributed by atoms with Gasteiger partial charge in [0.15, 0.2) is 11.3 Å². The summed E-state index contributed by atoms with van der Waals surface area (Å²) in [5.74, 6) is -1.29. The summed E-state index contributed by atoms with van der Waals surface area (Å²) in [6, 6.07) is 19.1. The fourth-order valence-corrected chi connectivity index (χ4v) is 3.41. The van der Waals surface area contributed by atoms with Crippen molar-refractivity contribution >= 4 is 5.97 Å². The normalized spacial score (nSPS) is 12.4. The lowest BCUT2D eigenvalue weighted by Crippen LogP contribution is -2.52. The van der Waals surface area contributed by atoms with Crippen molar-refractivity contribution in [2.24, 2.45) is 0 Å². The molecule has 7 nitrogen and oxygen atoms in total. The highest BCUT2D eigenvalue weighted by atomic mass is 16.6. The van der Waals surface area contributed by atoms with Crippen LogP contribution < -0.4 is 9.47 Å². The molecule has 0 aliphatic heterocycles. The predicted molar refractivity (Wildman–Crippen MR) is 105 cm³/mol. The number of hydrogen-bond donors (Lipinski definition) is 1. The van der Waals surface area contributed by atoms with Crippen LogP contribution >= 0.6 is 0 Å². The first-order chi connectivity index (χ1) is 13.9. The Morgan fingerprint density at radius 2 is 1.59 bits per heavy atom. The number of aliphatic carboxylic acids is 1. The first-order valence-electron chi connectivity index (χ1n) is 9.03. The molecule has 0 saturated heterocycles. The highest BCUT2D eigenvalue weighted by Crippen LogP contribution is 2.38. The minimum Gasteiger partial charge on any atom is -0.708 e. The van der Waals surface area contributed by atoms with E-state index in [0.717, 1.165) is 0 Å². The van der Waals surface area contributed by atoms with Crippen LogP contribution in [0.3, 0.4) is 0 Å². The average molecular weight is 394 g/mol. The van der Waals surface area contributed by atoms with E-state index in [9.17, 15) is 15.1 Å². The van der Waals surface area contributed by atoms with Crippen LogP contribution in [0.1, 0.15) is 22.5 Å². The van der Waals surface area contributed by atoms with Crippen molar-refractivity contribution in [2.45, 2.75) is 25.6 Å². The summed E-state index contributed by atoms with van der Waals surface area (Å²) < 4.78 is 12.1. The fraction of sp³-hybridized carbons (Fsp3) is 0.227. The Morgan fingerprint density at radius 3 is 2.03 bits per heavy atom. The third kappa shape index (κ3) is 3.77. The SMILES string of the molecule is COC(c1ccccc1)(c1ccccc1)[C@H](Oc1nc(C)cc(C)[n+]1[O-])C(=O)O. The second-order valence-electron chi connectivity index (χ2n) is 6.62. The summed E-state index contributed by atoms with van der Waals surface area (Å²) in [5, 5.41) is 22.6. The molecule has 1 aromatic heterocycles. The van der Waals surface area contributed by atoms with Crippen molar-refractivity contribution in [3.63, 3.8) is 0 Å². The number of carboxylic acids is 1. The number of rotatable bonds is 7. The Morgan fingerprint density at radius 1 is 1.07 bits per heavy atom. The zero-order valence-corrected chi connectivity index (χ0v) is 16.4. The monoisotopic (exact) mass is 394 g/mol. The predicted octanol–water partition coefficient (Wildman–Crippen LogP) is 2.75. The Bertz CT molecular complexity index is 953. The molecule has 0 saturated carbocycles. The number of aryl methyl sites for hydroxylation is 2. The Balaban J connectivity index is 2.23. The average Bonchev–Trinajstić information content (AvgIpc) is 2.73. The second kappa shape index (κ2) is 8.28. The van der Waals surface area contributed by atoms with Gasteiger partial charge in [-0.1, -0.05) is 60.7 Å². The van der Waals surface area contributed by atoms with Crippen molar-refractivity contribution < 1.29 is 24.1 Å². The van der Waals surface area contributed by atoms with Crippen LogP contribution in [-0.4, -0.2) is 29.3 Å². The molecule has 0 bridgehead atoms. The van der Waals surface area contributed by atoms with Crippen LogP contribution in [0.2, 0.25) is 0 Å². The summed E-state index contributed by atoms with van der Waals surface area (Å²) in [7, 11) is 1.42. The number of hydrogen-bond acceptors (Lipinski definition) is 5. The van der Waals surface area contributed by atoms with Gasteiger partial charge in [0.2, 0.25) is 6.10 Å². The van der Waals surface area contributed by atoms with E-state index in [-0.39, 0.29) is 6.01 Å². The molecular weight excluding hydrogens is 372 g/mol. The maximum absolute atomic E-state index is 12.5. The number of carboxylic acid groups (broad SMARTS) is 1. The van der Waals surface area contributed by atoms with Gasteiger partial charge in [-0.25, -0.2) is 4.79 Å². The van der Waals surface area contributed by atoms with E-state index in [1.807, 2.05) is 12.1 Å². The molecule has 0 spiro atoms. The standard InChI is InChI=1S/C22H22N2O5/c1-15-14-16(2)24(27)21(23-15)29-19(20(25)26)22(28-3,17-10-6-4-7-11-17)18-12-8-5-9-13-18/h4-14,19H,1-3H3,(H,25,26)/t19-/m1/s1. The van der Waals surface area contributed by atoms with Crippen LogP contribution in [-0.2, 0) is 15.1 Å². The minimum atomic E-state index is -1.58. The van der Waals surface area contributed by atoms with Crippen molar-refractivity contribution in [1.82, 2.24) is 4.98 Å². The van der Waals surface area contributed by atoms with E-state index in [0.29, 0.717) is 27.2 Å². The van der Waals surface area contributed by atoms with Crippen molar-refractivity contribution in [2.75, 3.05) is 7.11 Å². The van der Waals surface area contributed by atoms with Gasteiger partial charge in [-0.2, -0.15) is 4.73 Å². The maximum Gasteiger partial charge on any atom is 0.502 e. The molecule has 0 aliphatic carbocycles. The molecule has 1 heterocycles. The third-order valence-electron chi connectivity index (χ3n) is 4.73. The maximum atomic E-state index is 12.5. The van der Waals surface area contributed by atoms with E-state index in [1.54, 1.807) is 68.4 Å². The smallest absolute Gasteiger partial charge is 0.502 e. The topological polar surface area (TPSA) is 95.6 Å². The van der Waals surface area contributed by atoms with Crippen LogP contribution in [0.4, 0.5) is 0 Å². The number of methoxy groups -OCH3 is 1. The first kappa shape index (κ1) is 20.3. The van der Waals surface area contributed by atoms with Crippen LogP contribution in [0.15, 0.2) is 66.7 Å². The van der Waals surface area contributed by atoms with Gasteiger partial charge in [0.05, 0.1) is 0 Å². The largest absolute Gasteiger partial charge is 0.708 e. The van der Waals surface area contributed by atoms with Crippen LogP contribution in [0.25, 0.3) is 0 Å². The Labute approximate surface area is 168 Å². The molecule has 0 radical (unpaired) electrons. The Hall–Kier alpha value is -3.45.